The first kappa shape index (κ1) is 15.8. The average molecular weight is 297 g/mol. The Balaban J connectivity index is 1.88. The lowest BCUT2D eigenvalue weighted by Gasteiger charge is -2.35. The zero-order valence-electron chi connectivity index (χ0n) is 12.0. The van der Waals surface area contributed by atoms with E-state index in [2.05, 4.69) is 11.0 Å². The maximum absolute atomic E-state index is 12.3. The van der Waals surface area contributed by atoms with Gasteiger partial charge in [-0.2, -0.15) is 18.4 Å². The van der Waals surface area contributed by atoms with Crippen LogP contribution in [0.1, 0.15) is 16.7 Å². The highest BCUT2D eigenvalue weighted by atomic mass is 19.4. The molecule has 6 heteroatoms. The van der Waals surface area contributed by atoms with Gasteiger partial charge in [0.25, 0.3) is 0 Å². The molecule has 0 amide bonds. The van der Waals surface area contributed by atoms with Crippen LogP contribution in [-0.2, 0) is 6.54 Å². The number of piperazine rings is 1. The Morgan fingerprint density at radius 3 is 2.29 bits per heavy atom. The Hall–Kier alpha value is -1.58. The molecule has 0 aliphatic carbocycles. The Morgan fingerprint density at radius 1 is 1.14 bits per heavy atom. The van der Waals surface area contributed by atoms with Gasteiger partial charge in [-0.3, -0.25) is 9.80 Å². The van der Waals surface area contributed by atoms with E-state index < -0.39 is 12.7 Å². The average Bonchev–Trinajstić information content (AvgIpc) is 2.41. The molecule has 0 bridgehead atoms. The third-order valence-electron chi connectivity index (χ3n) is 3.73. The molecule has 0 spiro atoms. The summed E-state index contributed by atoms with van der Waals surface area (Å²) in [6.07, 6.45) is -4.12. The van der Waals surface area contributed by atoms with E-state index in [1.165, 1.54) is 4.90 Å². The van der Waals surface area contributed by atoms with Gasteiger partial charge < -0.3 is 0 Å². The van der Waals surface area contributed by atoms with Gasteiger partial charge in [0.2, 0.25) is 0 Å². The van der Waals surface area contributed by atoms with Gasteiger partial charge in [-0.25, -0.2) is 0 Å². The molecule has 0 saturated carbocycles. The molecule has 1 saturated heterocycles. The third-order valence-corrected chi connectivity index (χ3v) is 3.73. The molecule has 1 aromatic rings. The summed E-state index contributed by atoms with van der Waals surface area (Å²) in [5.74, 6) is 0. The van der Waals surface area contributed by atoms with Crippen LogP contribution in [0.5, 0.6) is 0 Å². The van der Waals surface area contributed by atoms with Gasteiger partial charge in [-0.1, -0.05) is 6.07 Å². The highest BCUT2D eigenvalue weighted by molar-refractivity contribution is 5.37. The van der Waals surface area contributed by atoms with Crippen molar-refractivity contribution in [2.45, 2.75) is 19.6 Å². The molecule has 114 valence electrons. The second-order valence-corrected chi connectivity index (χ2v) is 5.42. The Labute approximate surface area is 122 Å². The number of hydrogen-bond donors (Lipinski definition) is 0. The minimum absolute atomic E-state index is 0.439. The minimum atomic E-state index is -4.12. The number of alkyl halides is 3. The first-order valence-corrected chi connectivity index (χ1v) is 6.88. The fourth-order valence-electron chi connectivity index (χ4n) is 2.54. The fraction of sp³-hybridized carbons (Fsp3) is 0.533. The number of hydrogen-bond acceptors (Lipinski definition) is 3. The highest BCUT2D eigenvalue weighted by Gasteiger charge is 2.32. The second kappa shape index (κ2) is 6.46. The van der Waals surface area contributed by atoms with Gasteiger partial charge in [-0.15, -0.1) is 0 Å². The highest BCUT2D eigenvalue weighted by Crippen LogP contribution is 2.19. The maximum atomic E-state index is 12.3. The normalized spacial score (nSPS) is 17.7. The van der Waals surface area contributed by atoms with Crippen molar-refractivity contribution in [3.8, 4) is 6.07 Å². The Kier molecular flexibility index (Phi) is 4.86. The van der Waals surface area contributed by atoms with Gasteiger partial charge in [0.1, 0.15) is 0 Å². The minimum Gasteiger partial charge on any atom is -0.297 e. The van der Waals surface area contributed by atoms with Crippen LogP contribution in [0.4, 0.5) is 13.2 Å². The quantitative estimate of drug-likeness (QED) is 0.859. The molecule has 0 radical (unpaired) electrons. The molecule has 1 heterocycles. The van der Waals surface area contributed by atoms with Gasteiger partial charge in [-0.05, 0) is 30.2 Å². The lowest BCUT2D eigenvalue weighted by atomic mass is 10.0. The molecule has 1 aromatic carbocycles. The first-order chi connectivity index (χ1) is 9.87. The smallest absolute Gasteiger partial charge is 0.297 e. The summed E-state index contributed by atoms with van der Waals surface area (Å²) in [7, 11) is 0. The summed E-state index contributed by atoms with van der Waals surface area (Å²) in [4.78, 5) is 3.60. The summed E-state index contributed by atoms with van der Waals surface area (Å²) < 4.78 is 37.0. The van der Waals surface area contributed by atoms with Gasteiger partial charge in [0, 0.05) is 32.7 Å². The second-order valence-electron chi connectivity index (χ2n) is 5.42. The van der Waals surface area contributed by atoms with Crippen LogP contribution >= 0.6 is 0 Å². The van der Waals surface area contributed by atoms with Crippen molar-refractivity contribution in [3.63, 3.8) is 0 Å². The molecule has 3 nitrogen and oxygen atoms in total. The Bertz CT molecular complexity index is 526. The maximum Gasteiger partial charge on any atom is 0.401 e. The van der Waals surface area contributed by atoms with E-state index in [0.717, 1.165) is 17.7 Å². The van der Waals surface area contributed by atoms with Gasteiger partial charge >= 0.3 is 6.18 Å². The number of nitriles is 1. The predicted molar refractivity (Wildman–Crippen MR) is 73.7 cm³/mol. The number of rotatable bonds is 3. The summed E-state index contributed by atoms with van der Waals surface area (Å²) in [5, 5.41) is 8.84. The number of halogens is 3. The Morgan fingerprint density at radius 2 is 1.76 bits per heavy atom. The van der Waals surface area contributed by atoms with Crippen LogP contribution in [-0.4, -0.2) is 48.7 Å². The molecule has 1 aliphatic heterocycles. The molecule has 1 aliphatic rings. The fourth-order valence-corrected chi connectivity index (χ4v) is 2.54. The van der Waals surface area contributed by atoms with Crippen molar-refractivity contribution < 1.29 is 13.2 Å². The van der Waals surface area contributed by atoms with Crippen LogP contribution in [0.25, 0.3) is 0 Å². The summed E-state index contributed by atoms with van der Waals surface area (Å²) in [6, 6.07) is 7.65. The SMILES string of the molecule is Cc1cc(C#N)ccc1CN1CCN(CC(F)(F)F)CC1. The van der Waals surface area contributed by atoms with Crippen LogP contribution in [0.15, 0.2) is 18.2 Å². The number of benzene rings is 1. The molecule has 1 fully saturated rings. The van der Waals surface area contributed by atoms with Gasteiger partial charge in [0.15, 0.2) is 0 Å². The van der Waals surface area contributed by atoms with E-state index in [4.69, 9.17) is 5.26 Å². The van der Waals surface area contributed by atoms with Crippen molar-refractivity contribution in [2.75, 3.05) is 32.7 Å². The van der Waals surface area contributed by atoms with Crippen molar-refractivity contribution >= 4 is 0 Å². The number of nitrogens with zero attached hydrogens (tertiary/aromatic N) is 3. The van der Waals surface area contributed by atoms with Crippen LogP contribution in [0, 0.1) is 18.3 Å². The van der Waals surface area contributed by atoms with Crippen molar-refractivity contribution in [3.05, 3.63) is 34.9 Å². The summed E-state index contributed by atoms with van der Waals surface area (Å²) in [5.41, 5.74) is 2.80. The van der Waals surface area contributed by atoms with E-state index in [9.17, 15) is 13.2 Å². The molecule has 0 unspecified atom stereocenters. The molecule has 21 heavy (non-hydrogen) atoms. The third kappa shape index (κ3) is 4.73. The van der Waals surface area contributed by atoms with Crippen LogP contribution in [0.3, 0.4) is 0 Å². The van der Waals surface area contributed by atoms with E-state index in [1.54, 1.807) is 6.07 Å². The molecular weight excluding hydrogens is 279 g/mol. The topological polar surface area (TPSA) is 30.3 Å². The number of aryl methyl sites for hydroxylation is 1. The first-order valence-electron chi connectivity index (χ1n) is 6.88. The van der Waals surface area contributed by atoms with Crippen molar-refractivity contribution in [1.29, 1.82) is 5.26 Å². The lowest BCUT2D eigenvalue weighted by molar-refractivity contribution is -0.149. The van der Waals surface area contributed by atoms with E-state index in [0.29, 0.717) is 31.7 Å². The molecule has 0 aromatic heterocycles. The monoisotopic (exact) mass is 297 g/mol. The van der Waals surface area contributed by atoms with Crippen LogP contribution in [0.2, 0.25) is 0 Å². The molecule has 0 N–H and O–H groups in total. The molecular formula is C15H18F3N3. The van der Waals surface area contributed by atoms with E-state index >= 15 is 0 Å². The molecule has 2 rings (SSSR count). The molecule has 0 atom stereocenters. The lowest BCUT2D eigenvalue weighted by Crippen LogP contribution is -2.48. The largest absolute Gasteiger partial charge is 0.401 e. The summed E-state index contributed by atoms with van der Waals surface area (Å²) >= 11 is 0. The predicted octanol–water partition coefficient (Wildman–Crippen LogP) is 2.55. The van der Waals surface area contributed by atoms with Gasteiger partial charge in [0.05, 0.1) is 18.2 Å². The van der Waals surface area contributed by atoms with Crippen molar-refractivity contribution in [2.24, 2.45) is 0 Å². The van der Waals surface area contributed by atoms with Crippen molar-refractivity contribution in [1.82, 2.24) is 9.80 Å². The van der Waals surface area contributed by atoms with Crippen LogP contribution < -0.4 is 0 Å². The zero-order valence-corrected chi connectivity index (χ0v) is 12.0. The standard InChI is InChI=1S/C15H18F3N3/c1-12-8-13(9-19)2-3-14(12)10-20-4-6-21(7-5-20)11-15(16,17)18/h2-3,8H,4-7,10-11H2,1H3. The van der Waals surface area contributed by atoms with E-state index in [-0.39, 0.29) is 0 Å². The summed E-state index contributed by atoms with van der Waals surface area (Å²) in [6.45, 7) is 4.00. The zero-order chi connectivity index (χ0) is 15.5. The van der Waals surface area contributed by atoms with E-state index in [1.807, 2.05) is 19.1 Å².